The second-order valence-electron chi connectivity index (χ2n) is 2.91. The zero-order valence-electron chi connectivity index (χ0n) is 7.27. The van der Waals surface area contributed by atoms with Gasteiger partial charge in [0.05, 0.1) is 6.61 Å². The highest BCUT2D eigenvalue weighted by Gasteiger charge is 2.36. The predicted octanol–water partition coefficient (Wildman–Crippen LogP) is 0.571. The molecule has 0 amide bonds. The third-order valence-electron chi connectivity index (χ3n) is 1.99. The number of aliphatic carboxylic acids is 1. The molecule has 0 saturated carbocycles. The average Bonchev–Trinajstić information content (AvgIpc) is 2.17. The number of hydrogen-bond acceptors (Lipinski definition) is 3. The van der Waals surface area contributed by atoms with Crippen LogP contribution < -0.4 is 5.73 Å². The monoisotopic (exact) mass is 215 g/mol. The molecule has 0 aliphatic rings. The summed E-state index contributed by atoms with van der Waals surface area (Å²) in [6, 6.07) is 6.27. The molecule has 0 bridgehead atoms. The molecule has 4 nitrogen and oxygen atoms in total. The first kappa shape index (κ1) is 11.0. The van der Waals surface area contributed by atoms with E-state index in [1.165, 1.54) is 12.1 Å². The standard InChI is InChI=1S/C9H10ClNO3/c10-7-4-2-1-3-6(7)9(11,5-12)8(13)14/h1-4,12H,5,11H2,(H,13,14)/t9-/m0/s1. The number of nitrogens with two attached hydrogens (primary N) is 1. The van der Waals surface area contributed by atoms with E-state index in [9.17, 15) is 4.79 Å². The molecule has 1 aromatic carbocycles. The molecule has 0 radical (unpaired) electrons. The van der Waals surface area contributed by atoms with Crippen molar-refractivity contribution in [3.63, 3.8) is 0 Å². The van der Waals surface area contributed by atoms with E-state index in [0.717, 1.165) is 0 Å². The van der Waals surface area contributed by atoms with E-state index in [0.29, 0.717) is 0 Å². The maximum absolute atomic E-state index is 10.9. The quantitative estimate of drug-likeness (QED) is 0.689. The Hall–Kier alpha value is -1.10. The van der Waals surface area contributed by atoms with Crippen LogP contribution in [0.1, 0.15) is 5.56 Å². The zero-order valence-corrected chi connectivity index (χ0v) is 8.03. The Labute approximate surface area is 85.9 Å². The maximum atomic E-state index is 10.9. The van der Waals surface area contributed by atoms with Gasteiger partial charge in [0.2, 0.25) is 0 Å². The van der Waals surface area contributed by atoms with Crippen LogP contribution in [0.5, 0.6) is 0 Å². The number of aliphatic hydroxyl groups is 1. The summed E-state index contributed by atoms with van der Waals surface area (Å²) >= 11 is 5.78. The first-order chi connectivity index (χ1) is 6.52. The van der Waals surface area contributed by atoms with Crippen molar-refractivity contribution in [2.75, 3.05) is 6.61 Å². The second-order valence-corrected chi connectivity index (χ2v) is 3.32. The van der Waals surface area contributed by atoms with Gasteiger partial charge in [-0.05, 0) is 6.07 Å². The van der Waals surface area contributed by atoms with Gasteiger partial charge in [-0.15, -0.1) is 0 Å². The lowest BCUT2D eigenvalue weighted by Gasteiger charge is -2.23. The van der Waals surface area contributed by atoms with Gasteiger partial charge in [0.25, 0.3) is 0 Å². The second kappa shape index (κ2) is 3.96. The van der Waals surface area contributed by atoms with E-state index >= 15 is 0 Å². The molecule has 76 valence electrons. The Morgan fingerprint density at radius 3 is 2.50 bits per heavy atom. The Kier molecular flexibility index (Phi) is 3.10. The molecule has 0 saturated heterocycles. The number of aliphatic hydroxyl groups excluding tert-OH is 1. The number of hydrogen-bond donors (Lipinski definition) is 3. The van der Waals surface area contributed by atoms with Crippen molar-refractivity contribution in [1.82, 2.24) is 0 Å². The van der Waals surface area contributed by atoms with Crippen LogP contribution in [0.25, 0.3) is 0 Å². The van der Waals surface area contributed by atoms with Gasteiger partial charge < -0.3 is 15.9 Å². The number of carbonyl (C=O) groups is 1. The van der Waals surface area contributed by atoms with Crippen molar-refractivity contribution < 1.29 is 15.0 Å². The summed E-state index contributed by atoms with van der Waals surface area (Å²) in [7, 11) is 0. The summed E-state index contributed by atoms with van der Waals surface area (Å²) in [4.78, 5) is 10.9. The van der Waals surface area contributed by atoms with E-state index in [4.69, 9.17) is 27.5 Å². The molecule has 0 aromatic heterocycles. The smallest absolute Gasteiger partial charge is 0.330 e. The topological polar surface area (TPSA) is 83.5 Å². The summed E-state index contributed by atoms with van der Waals surface area (Å²) in [5.74, 6) is -1.31. The van der Waals surface area contributed by atoms with Gasteiger partial charge in [0.15, 0.2) is 5.54 Å². The lowest BCUT2D eigenvalue weighted by Crippen LogP contribution is -2.48. The van der Waals surface area contributed by atoms with Crippen molar-refractivity contribution in [2.45, 2.75) is 5.54 Å². The van der Waals surface area contributed by atoms with Crippen LogP contribution in [0.15, 0.2) is 24.3 Å². The Morgan fingerprint density at radius 2 is 2.07 bits per heavy atom. The van der Waals surface area contributed by atoms with Crippen LogP contribution >= 0.6 is 11.6 Å². The van der Waals surface area contributed by atoms with Crippen molar-refractivity contribution in [1.29, 1.82) is 0 Å². The van der Waals surface area contributed by atoms with Crippen LogP contribution in [0.3, 0.4) is 0 Å². The van der Waals surface area contributed by atoms with Gasteiger partial charge in [-0.2, -0.15) is 0 Å². The SMILES string of the molecule is N[C@](CO)(C(=O)O)c1ccccc1Cl. The fourth-order valence-corrected chi connectivity index (χ4v) is 1.40. The third kappa shape index (κ3) is 1.72. The fraction of sp³-hybridized carbons (Fsp3) is 0.222. The van der Waals surface area contributed by atoms with E-state index in [1.54, 1.807) is 12.1 Å². The molecule has 14 heavy (non-hydrogen) atoms. The summed E-state index contributed by atoms with van der Waals surface area (Å²) in [5, 5.41) is 18.1. The van der Waals surface area contributed by atoms with Gasteiger partial charge >= 0.3 is 5.97 Å². The predicted molar refractivity (Wildman–Crippen MR) is 52.0 cm³/mol. The van der Waals surface area contributed by atoms with Crippen LogP contribution in [0, 0.1) is 0 Å². The van der Waals surface area contributed by atoms with E-state index < -0.39 is 18.1 Å². The highest BCUT2D eigenvalue weighted by Crippen LogP contribution is 2.25. The molecular formula is C9H10ClNO3. The first-order valence-electron chi connectivity index (χ1n) is 3.90. The summed E-state index contributed by atoms with van der Waals surface area (Å²) in [5.41, 5.74) is 3.90. The highest BCUT2D eigenvalue weighted by atomic mass is 35.5. The number of carboxylic acid groups (broad SMARTS) is 1. The molecule has 0 heterocycles. The molecule has 0 unspecified atom stereocenters. The van der Waals surface area contributed by atoms with E-state index in [1.807, 2.05) is 0 Å². The van der Waals surface area contributed by atoms with Gasteiger partial charge in [-0.1, -0.05) is 29.8 Å². The molecule has 0 aliphatic carbocycles. The average molecular weight is 216 g/mol. The Bertz CT molecular complexity index is 356. The first-order valence-corrected chi connectivity index (χ1v) is 4.28. The summed E-state index contributed by atoms with van der Waals surface area (Å²) in [6.07, 6.45) is 0. The van der Waals surface area contributed by atoms with Crippen molar-refractivity contribution in [3.05, 3.63) is 34.9 Å². The van der Waals surface area contributed by atoms with Crippen LogP contribution in [0.2, 0.25) is 5.02 Å². The molecule has 1 atom stereocenters. The summed E-state index contributed by atoms with van der Waals surface area (Å²) < 4.78 is 0. The van der Waals surface area contributed by atoms with Gasteiger partial charge in [-0.25, -0.2) is 4.79 Å². The van der Waals surface area contributed by atoms with Crippen molar-refractivity contribution in [2.24, 2.45) is 5.73 Å². The van der Waals surface area contributed by atoms with E-state index in [-0.39, 0.29) is 10.6 Å². The van der Waals surface area contributed by atoms with Crippen LogP contribution in [-0.2, 0) is 10.3 Å². The van der Waals surface area contributed by atoms with Gasteiger partial charge in [0, 0.05) is 10.6 Å². The number of rotatable bonds is 3. The number of benzene rings is 1. The molecule has 0 fully saturated rings. The zero-order chi connectivity index (χ0) is 10.8. The lowest BCUT2D eigenvalue weighted by atomic mass is 9.92. The minimum Gasteiger partial charge on any atom is -0.480 e. The van der Waals surface area contributed by atoms with Crippen LogP contribution in [-0.4, -0.2) is 22.8 Å². The lowest BCUT2D eigenvalue weighted by molar-refractivity contribution is -0.145. The minimum atomic E-state index is -1.83. The largest absolute Gasteiger partial charge is 0.480 e. The Balaban J connectivity index is 3.26. The maximum Gasteiger partial charge on any atom is 0.330 e. The van der Waals surface area contributed by atoms with Gasteiger partial charge in [-0.3, -0.25) is 0 Å². The number of halogens is 1. The normalized spacial score (nSPS) is 14.8. The van der Waals surface area contributed by atoms with E-state index in [2.05, 4.69) is 0 Å². The molecule has 4 N–H and O–H groups in total. The van der Waals surface area contributed by atoms with Crippen molar-refractivity contribution in [3.8, 4) is 0 Å². The third-order valence-corrected chi connectivity index (χ3v) is 2.32. The molecular weight excluding hydrogens is 206 g/mol. The van der Waals surface area contributed by atoms with Crippen molar-refractivity contribution >= 4 is 17.6 Å². The minimum absolute atomic E-state index is 0.205. The molecule has 1 aromatic rings. The summed E-state index contributed by atoms with van der Waals surface area (Å²) in [6.45, 7) is -0.702. The molecule has 1 rings (SSSR count). The fourth-order valence-electron chi connectivity index (χ4n) is 1.09. The van der Waals surface area contributed by atoms with Gasteiger partial charge in [0.1, 0.15) is 0 Å². The molecule has 0 aliphatic heterocycles. The number of carboxylic acids is 1. The molecule has 0 spiro atoms. The molecule has 5 heteroatoms. The highest BCUT2D eigenvalue weighted by molar-refractivity contribution is 6.31. The van der Waals surface area contributed by atoms with Crippen LogP contribution in [0.4, 0.5) is 0 Å². The Morgan fingerprint density at radius 1 is 1.50 bits per heavy atom.